The number of anilines is 1. The number of benzene rings is 4. The second-order valence-electron chi connectivity index (χ2n) is 9.70. The molecule has 4 rings (SSSR count). The van der Waals surface area contributed by atoms with Gasteiger partial charge >= 0.3 is 0 Å². The number of carbonyl (C=O) groups is 1. The van der Waals surface area contributed by atoms with Gasteiger partial charge in [-0.25, -0.2) is 8.42 Å². The third kappa shape index (κ3) is 6.46. The predicted molar refractivity (Wildman–Crippen MR) is 158 cm³/mol. The molecule has 0 aromatic heterocycles. The maximum Gasteiger partial charge on any atom is 0.264 e. The van der Waals surface area contributed by atoms with Gasteiger partial charge in [0.2, 0.25) is 5.91 Å². The summed E-state index contributed by atoms with van der Waals surface area (Å²) in [6.45, 7) is 5.36. The lowest BCUT2D eigenvalue weighted by atomic mass is 9.98. The Morgan fingerprint density at radius 1 is 0.750 bits per heavy atom. The van der Waals surface area contributed by atoms with Crippen molar-refractivity contribution in [3.63, 3.8) is 0 Å². The van der Waals surface area contributed by atoms with E-state index in [1.54, 1.807) is 12.1 Å². The fourth-order valence-electron chi connectivity index (χ4n) is 4.61. The van der Waals surface area contributed by atoms with E-state index in [2.05, 4.69) is 5.32 Å². The van der Waals surface area contributed by atoms with Crippen molar-refractivity contribution in [2.45, 2.75) is 31.7 Å². The molecule has 0 spiro atoms. The largest absolute Gasteiger partial charge is 0.493 e. The van der Waals surface area contributed by atoms with Gasteiger partial charge in [-0.15, -0.1) is 0 Å². The molecule has 4 aromatic carbocycles. The van der Waals surface area contributed by atoms with Gasteiger partial charge in [0.15, 0.2) is 11.5 Å². The number of hydrogen-bond donors (Lipinski definition) is 1. The maximum atomic E-state index is 14.1. The molecule has 0 heterocycles. The molecular formula is C32H34N2O5S. The van der Waals surface area contributed by atoms with Crippen molar-refractivity contribution in [2.75, 3.05) is 25.1 Å². The summed E-state index contributed by atoms with van der Waals surface area (Å²) in [5.41, 5.74) is 5.04. The first-order valence-electron chi connectivity index (χ1n) is 12.9. The average molecular weight is 559 g/mol. The highest BCUT2D eigenvalue weighted by molar-refractivity contribution is 7.92. The van der Waals surface area contributed by atoms with E-state index >= 15 is 0 Å². The lowest BCUT2D eigenvalue weighted by molar-refractivity contribution is -0.120. The number of aryl methyl sites for hydroxylation is 3. The summed E-state index contributed by atoms with van der Waals surface area (Å²) in [4.78, 5) is 13.6. The van der Waals surface area contributed by atoms with Crippen molar-refractivity contribution in [3.8, 4) is 11.5 Å². The van der Waals surface area contributed by atoms with Crippen LogP contribution >= 0.6 is 0 Å². The van der Waals surface area contributed by atoms with Crippen LogP contribution in [-0.2, 0) is 14.8 Å². The van der Waals surface area contributed by atoms with Crippen molar-refractivity contribution in [3.05, 3.63) is 119 Å². The Morgan fingerprint density at radius 2 is 1.35 bits per heavy atom. The van der Waals surface area contributed by atoms with E-state index < -0.39 is 28.5 Å². The number of amides is 1. The molecule has 0 unspecified atom stereocenters. The lowest BCUT2D eigenvalue weighted by Gasteiger charge is -2.27. The minimum Gasteiger partial charge on any atom is -0.493 e. The molecule has 0 aliphatic heterocycles. The molecule has 208 valence electrons. The topological polar surface area (TPSA) is 84.9 Å². The third-order valence-electron chi connectivity index (χ3n) is 6.57. The van der Waals surface area contributed by atoms with E-state index in [4.69, 9.17) is 9.47 Å². The Bertz CT molecular complexity index is 1570. The highest BCUT2D eigenvalue weighted by Gasteiger charge is 2.30. The summed E-state index contributed by atoms with van der Waals surface area (Å²) >= 11 is 0. The van der Waals surface area contributed by atoms with E-state index in [1.807, 2.05) is 81.4 Å². The van der Waals surface area contributed by atoms with Crippen LogP contribution < -0.4 is 19.1 Å². The normalized spacial score (nSPS) is 11.9. The van der Waals surface area contributed by atoms with Gasteiger partial charge in [0.1, 0.15) is 6.54 Å². The van der Waals surface area contributed by atoms with Crippen molar-refractivity contribution in [1.29, 1.82) is 0 Å². The molecule has 1 amide bonds. The molecule has 40 heavy (non-hydrogen) atoms. The molecule has 0 aliphatic carbocycles. The Kier molecular flexibility index (Phi) is 8.80. The summed E-state index contributed by atoms with van der Waals surface area (Å²) in [6.07, 6.45) is 0. The van der Waals surface area contributed by atoms with Crippen LogP contribution in [0.1, 0.15) is 33.9 Å². The second-order valence-corrected chi connectivity index (χ2v) is 11.6. The molecule has 0 bridgehead atoms. The molecule has 0 aliphatic rings. The first-order valence-corrected chi connectivity index (χ1v) is 14.3. The standard InChI is InChI=1S/C32H34N2O5S/c1-22-11-13-26(14-12-22)32(25-9-7-6-8-10-25)33-31(35)21-34(27-18-23(2)17-24(3)19-27)40(36,37)28-15-16-29(38-4)30(20-28)39-5/h6-20,32H,21H2,1-5H3,(H,33,35)/t32-/m1/s1. The molecular weight excluding hydrogens is 524 g/mol. The van der Waals surface area contributed by atoms with Gasteiger partial charge in [0.25, 0.3) is 10.0 Å². The minimum atomic E-state index is -4.17. The molecule has 0 saturated heterocycles. The van der Waals surface area contributed by atoms with Gasteiger partial charge in [0, 0.05) is 6.07 Å². The predicted octanol–water partition coefficient (Wildman–Crippen LogP) is 5.73. The van der Waals surface area contributed by atoms with Crippen molar-refractivity contribution in [1.82, 2.24) is 5.32 Å². The fraction of sp³-hybridized carbons (Fsp3) is 0.219. The van der Waals surface area contributed by atoms with E-state index in [9.17, 15) is 13.2 Å². The number of carbonyl (C=O) groups excluding carboxylic acids is 1. The Hall–Kier alpha value is -4.30. The SMILES string of the molecule is COc1ccc(S(=O)(=O)N(CC(=O)N[C@H](c2ccccc2)c2ccc(C)cc2)c2cc(C)cc(C)c2)cc1OC. The van der Waals surface area contributed by atoms with E-state index in [1.165, 1.54) is 32.4 Å². The smallest absolute Gasteiger partial charge is 0.264 e. The first kappa shape index (κ1) is 28.7. The number of methoxy groups -OCH3 is 2. The molecule has 4 aromatic rings. The number of hydrogen-bond acceptors (Lipinski definition) is 5. The van der Waals surface area contributed by atoms with Crippen LogP contribution in [0.4, 0.5) is 5.69 Å². The molecule has 7 nitrogen and oxygen atoms in total. The van der Waals surface area contributed by atoms with Gasteiger partial charge in [-0.05, 0) is 67.3 Å². The highest BCUT2D eigenvalue weighted by Crippen LogP contribution is 2.33. The second kappa shape index (κ2) is 12.3. The highest BCUT2D eigenvalue weighted by atomic mass is 32.2. The average Bonchev–Trinajstić information content (AvgIpc) is 2.94. The van der Waals surface area contributed by atoms with Gasteiger partial charge < -0.3 is 14.8 Å². The Labute approximate surface area is 236 Å². The van der Waals surface area contributed by atoms with Gasteiger partial charge in [-0.2, -0.15) is 0 Å². The van der Waals surface area contributed by atoms with Crippen LogP contribution in [0.2, 0.25) is 0 Å². The maximum absolute atomic E-state index is 14.1. The summed E-state index contributed by atoms with van der Waals surface area (Å²) in [6, 6.07) is 26.9. The van der Waals surface area contributed by atoms with E-state index in [0.29, 0.717) is 11.4 Å². The Balaban J connectivity index is 1.74. The van der Waals surface area contributed by atoms with Gasteiger partial charge in [0.05, 0.1) is 30.8 Å². The number of sulfonamides is 1. The monoisotopic (exact) mass is 558 g/mol. The molecule has 1 atom stereocenters. The van der Waals surface area contributed by atoms with Gasteiger partial charge in [-0.3, -0.25) is 9.10 Å². The number of ether oxygens (including phenoxy) is 2. The van der Waals surface area contributed by atoms with Crippen LogP contribution in [-0.4, -0.2) is 35.1 Å². The summed E-state index contributed by atoms with van der Waals surface area (Å²) in [5, 5.41) is 3.07. The number of rotatable bonds is 10. The van der Waals surface area contributed by atoms with Crippen LogP contribution in [0.15, 0.2) is 95.9 Å². The van der Waals surface area contributed by atoms with E-state index in [0.717, 1.165) is 32.1 Å². The van der Waals surface area contributed by atoms with Crippen molar-refractivity contribution < 1.29 is 22.7 Å². The third-order valence-corrected chi connectivity index (χ3v) is 8.34. The lowest BCUT2D eigenvalue weighted by Crippen LogP contribution is -2.42. The molecule has 0 fully saturated rings. The molecule has 1 N–H and O–H groups in total. The number of nitrogens with zero attached hydrogens (tertiary/aromatic N) is 1. The summed E-state index contributed by atoms with van der Waals surface area (Å²) in [5.74, 6) is 0.232. The number of nitrogens with one attached hydrogen (secondary N) is 1. The minimum absolute atomic E-state index is 0.0183. The van der Waals surface area contributed by atoms with Crippen LogP contribution in [0, 0.1) is 20.8 Å². The quantitative estimate of drug-likeness (QED) is 0.269. The summed E-state index contributed by atoms with van der Waals surface area (Å²) < 4.78 is 39.9. The van der Waals surface area contributed by atoms with Crippen molar-refractivity contribution >= 4 is 21.6 Å². The zero-order valence-corrected chi connectivity index (χ0v) is 24.2. The summed E-state index contributed by atoms with van der Waals surface area (Å²) in [7, 11) is -1.25. The zero-order chi connectivity index (χ0) is 28.9. The molecule has 0 saturated carbocycles. The van der Waals surface area contributed by atoms with Crippen molar-refractivity contribution in [2.24, 2.45) is 0 Å². The van der Waals surface area contributed by atoms with Crippen LogP contribution in [0.3, 0.4) is 0 Å². The molecule has 0 radical (unpaired) electrons. The van der Waals surface area contributed by atoms with Crippen LogP contribution in [0.25, 0.3) is 0 Å². The molecule has 8 heteroatoms. The van der Waals surface area contributed by atoms with Gasteiger partial charge in [-0.1, -0.05) is 66.2 Å². The fourth-order valence-corrected chi connectivity index (χ4v) is 6.04. The van der Waals surface area contributed by atoms with Crippen LogP contribution in [0.5, 0.6) is 11.5 Å². The van der Waals surface area contributed by atoms with E-state index in [-0.39, 0.29) is 10.6 Å². The first-order chi connectivity index (χ1) is 19.1. The zero-order valence-electron chi connectivity index (χ0n) is 23.3. The Morgan fingerprint density at radius 3 is 1.95 bits per heavy atom.